The molecule has 0 bridgehead atoms. The lowest BCUT2D eigenvalue weighted by molar-refractivity contribution is 0.0694. The van der Waals surface area contributed by atoms with Crippen LogP contribution < -0.4 is 0 Å². The summed E-state index contributed by atoms with van der Waals surface area (Å²) in [5.41, 5.74) is 0.342. The predicted molar refractivity (Wildman–Crippen MR) is 88.6 cm³/mol. The summed E-state index contributed by atoms with van der Waals surface area (Å²) in [6.07, 6.45) is 1.52. The van der Waals surface area contributed by atoms with Gasteiger partial charge in [-0.3, -0.25) is 4.79 Å². The second-order valence-corrected chi connectivity index (χ2v) is 7.41. The van der Waals surface area contributed by atoms with Crippen LogP contribution in [0.4, 0.5) is 0 Å². The van der Waals surface area contributed by atoms with Crippen LogP contribution in [0.3, 0.4) is 0 Å². The molecule has 0 atom stereocenters. The summed E-state index contributed by atoms with van der Waals surface area (Å²) in [5, 5.41) is 0.163. The normalized spacial score (nSPS) is 16.8. The highest BCUT2D eigenvalue weighted by Gasteiger charge is 2.32. The van der Waals surface area contributed by atoms with Gasteiger partial charge >= 0.3 is 0 Å². The highest BCUT2D eigenvalue weighted by atomic mass is 35.5. The van der Waals surface area contributed by atoms with Gasteiger partial charge in [-0.15, -0.1) is 0 Å². The molecule has 0 saturated carbocycles. The fraction of sp³-hybridized carbons (Fsp3) is 0.571. The molecule has 0 radical (unpaired) electrons. The van der Waals surface area contributed by atoms with Crippen LogP contribution in [0, 0.1) is 0 Å². The van der Waals surface area contributed by atoms with Gasteiger partial charge in [0.25, 0.3) is 16.1 Å². The van der Waals surface area contributed by atoms with E-state index in [9.17, 15) is 13.2 Å². The van der Waals surface area contributed by atoms with Crippen molar-refractivity contribution in [2.24, 2.45) is 0 Å². The lowest BCUT2D eigenvalue weighted by Gasteiger charge is -2.36. The van der Waals surface area contributed by atoms with Crippen molar-refractivity contribution in [1.82, 2.24) is 18.5 Å². The third-order valence-corrected chi connectivity index (χ3v) is 6.36. The summed E-state index contributed by atoms with van der Waals surface area (Å²) in [7, 11) is -3.46. The zero-order valence-electron chi connectivity index (χ0n) is 13.3. The van der Waals surface area contributed by atoms with E-state index in [0.29, 0.717) is 31.7 Å². The van der Waals surface area contributed by atoms with E-state index in [1.54, 1.807) is 17.0 Å². The summed E-state index contributed by atoms with van der Waals surface area (Å²) in [4.78, 5) is 18.0. The average Bonchev–Trinajstić information content (AvgIpc) is 2.55. The van der Waals surface area contributed by atoms with Crippen LogP contribution in [-0.4, -0.2) is 72.1 Å². The predicted octanol–water partition coefficient (Wildman–Crippen LogP) is 1.08. The number of pyridine rings is 1. The summed E-state index contributed by atoms with van der Waals surface area (Å²) < 4.78 is 27.8. The van der Waals surface area contributed by atoms with E-state index in [4.69, 9.17) is 11.6 Å². The largest absolute Gasteiger partial charge is 0.336 e. The van der Waals surface area contributed by atoms with Gasteiger partial charge in [0.1, 0.15) is 5.15 Å². The minimum absolute atomic E-state index is 0.163. The third kappa shape index (κ3) is 3.82. The van der Waals surface area contributed by atoms with Crippen molar-refractivity contribution in [1.29, 1.82) is 0 Å². The number of hydrogen-bond acceptors (Lipinski definition) is 4. The molecule has 1 saturated heterocycles. The molecule has 128 valence electrons. The zero-order valence-corrected chi connectivity index (χ0v) is 14.8. The second-order valence-electron chi connectivity index (χ2n) is 5.13. The molecule has 1 aliphatic heterocycles. The van der Waals surface area contributed by atoms with E-state index in [1.165, 1.54) is 14.8 Å². The Kier molecular flexibility index (Phi) is 5.96. The molecule has 23 heavy (non-hydrogen) atoms. The van der Waals surface area contributed by atoms with Crippen molar-refractivity contribution >= 4 is 27.7 Å². The number of carbonyl (C=O) groups excluding carboxylic acids is 1. The maximum Gasteiger partial charge on any atom is 0.282 e. The Labute approximate surface area is 142 Å². The van der Waals surface area contributed by atoms with Gasteiger partial charge in [0.05, 0.1) is 5.56 Å². The molecule has 1 aromatic heterocycles. The Bertz CT molecular complexity index is 656. The second kappa shape index (κ2) is 7.57. The van der Waals surface area contributed by atoms with E-state index in [1.807, 2.05) is 13.8 Å². The molecule has 9 heteroatoms. The summed E-state index contributed by atoms with van der Waals surface area (Å²) in [6.45, 7) is 5.73. The minimum atomic E-state index is -3.46. The number of amides is 1. The van der Waals surface area contributed by atoms with Crippen molar-refractivity contribution in [3.05, 3.63) is 29.0 Å². The first-order valence-electron chi connectivity index (χ1n) is 7.56. The van der Waals surface area contributed by atoms with Crippen LogP contribution in [0.15, 0.2) is 18.3 Å². The molecule has 2 rings (SSSR count). The standard InChI is InChI=1S/C14H21ClN4O3S/c1-3-18(4-2)23(21,22)19-10-8-17(9-11-19)14(20)12-6-5-7-16-13(12)15/h5-7H,3-4,8-11H2,1-2H3. The van der Waals surface area contributed by atoms with Crippen molar-refractivity contribution in [3.63, 3.8) is 0 Å². The molecule has 0 N–H and O–H groups in total. The highest BCUT2D eigenvalue weighted by molar-refractivity contribution is 7.86. The van der Waals surface area contributed by atoms with Crippen molar-refractivity contribution in [2.45, 2.75) is 13.8 Å². The number of hydrogen-bond donors (Lipinski definition) is 0. The molecular weight excluding hydrogens is 340 g/mol. The van der Waals surface area contributed by atoms with Crippen LogP contribution in [0.25, 0.3) is 0 Å². The van der Waals surface area contributed by atoms with Crippen LogP contribution in [0.1, 0.15) is 24.2 Å². The summed E-state index contributed by atoms with van der Waals surface area (Å²) in [5.74, 6) is -0.219. The molecular formula is C14H21ClN4O3S. The maximum absolute atomic E-state index is 12.5. The van der Waals surface area contributed by atoms with Gasteiger partial charge in [0.15, 0.2) is 0 Å². The van der Waals surface area contributed by atoms with Crippen molar-refractivity contribution < 1.29 is 13.2 Å². The number of rotatable bonds is 5. The Morgan fingerprint density at radius 3 is 2.39 bits per heavy atom. The molecule has 2 heterocycles. The van der Waals surface area contributed by atoms with Crippen molar-refractivity contribution in [3.8, 4) is 0 Å². The molecule has 1 fully saturated rings. The minimum Gasteiger partial charge on any atom is -0.336 e. The third-order valence-electron chi connectivity index (χ3n) is 3.87. The van der Waals surface area contributed by atoms with E-state index >= 15 is 0 Å². The van der Waals surface area contributed by atoms with Crippen LogP contribution >= 0.6 is 11.6 Å². The topological polar surface area (TPSA) is 73.8 Å². The lowest BCUT2D eigenvalue weighted by atomic mass is 10.2. The number of halogens is 1. The molecule has 1 aliphatic rings. The smallest absolute Gasteiger partial charge is 0.282 e. The van der Waals surface area contributed by atoms with Gasteiger partial charge in [-0.1, -0.05) is 25.4 Å². The SMILES string of the molecule is CCN(CC)S(=O)(=O)N1CCN(C(=O)c2cccnc2Cl)CC1. The number of nitrogens with zero attached hydrogens (tertiary/aromatic N) is 4. The zero-order chi connectivity index (χ0) is 17.0. The monoisotopic (exact) mass is 360 g/mol. The van der Waals surface area contributed by atoms with Gasteiger partial charge in [0.2, 0.25) is 0 Å². The van der Waals surface area contributed by atoms with Crippen LogP contribution in [0.5, 0.6) is 0 Å². The first-order chi connectivity index (χ1) is 10.9. The van der Waals surface area contributed by atoms with Crippen molar-refractivity contribution in [2.75, 3.05) is 39.3 Å². The van der Waals surface area contributed by atoms with E-state index in [2.05, 4.69) is 4.98 Å². The lowest BCUT2D eigenvalue weighted by Crippen LogP contribution is -2.54. The Morgan fingerprint density at radius 1 is 1.26 bits per heavy atom. The van der Waals surface area contributed by atoms with Gasteiger partial charge in [-0.25, -0.2) is 4.98 Å². The quantitative estimate of drug-likeness (QED) is 0.736. The van der Waals surface area contributed by atoms with Crippen LogP contribution in [0.2, 0.25) is 5.15 Å². The average molecular weight is 361 g/mol. The van der Waals surface area contributed by atoms with E-state index in [0.717, 1.165) is 0 Å². The van der Waals surface area contributed by atoms with Crippen LogP contribution in [-0.2, 0) is 10.2 Å². The van der Waals surface area contributed by atoms with Gasteiger partial charge in [-0.2, -0.15) is 17.0 Å². The summed E-state index contributed by atoms with van der Waals surface area (Å²) >= 11 is 5.95. The first kappa shape index (κ1) is 18.1. The molecule has 0 spiro atoms. The number of piperazine rings is 1. The number of aromatic nitrogens is 1. The van der Waals surface area contributed by atoms with E-state index in [-0.39, 0.29) is 24.1 Å². The Balaban J connectivity index is 2.04. The molecule has 1 aromatic rings. The van der Waals surface area contributed by atoms with Gasteiger partial charge in [0, 0.05) is 45.5 Å². The number of carbonyl (C=O) groups is 1. The molecule has 0 aromatic carbocycles. The molecule has 1 amide bonds. The summed E-state index contributed by atoms with van der Waals surface area (Å²) in [6, 6.07) is 3.27. The first-order valence-corrected chi connectivity index (χ1v) is 9.34. The fourth-order valence-electron chi connectivity index (χ4n) is 2.55. The van der Waals surface area contributed by atoms with Gasteiger partial charge in [-0.05, 0) is 12.1 Å². The van der Waals surface area contributed by atoms with Gasteiger partial charge < -0.3 is 4.90 Å². The maximum atomic E-state index is 12.5. The Morgan fingerprint density at radius 2 is 1.87 bits per heavy atom. The molecule has 0 aliphatic carbocycles. The Hall–Kier alpha value is -1.22. The molecule has 7 nitrogen and oxygen atoms in total. The van der Waals surface area contributed by atoms with E-state index < -0.39 is 10.2 Å². The highest BCUT2D eigenvalue weighted by Crippen LogP contribution is 2.17. The molecule has 0 unspecified atom stereocenters. The fourth-order valence-corrected chi connectivity index (χ4v) is 4.36.